The van der Waals surface area contributed by atoms with Crippen molar-refractivity contribution < 1.29 is 37.4 Å². The highest BCUT2D eigenvalue weighted by Gasteiger charge is 2.38. The molecule has 32 heavy (non-hydrogen) atoms. The number of nitrogens with one attached hydrogen (secondary N) is 2. The van der Waals surface area contributed by atoms with E-state index in [-0.39, 0.29) is 24.3 Å². The molecule has 10 heteroatoms. The van der Waals surface area contributed by atoms with Crippen LogP contribution in [0.2, 0.25) is 0 Å². The molecule has 0 fully saturated rings. The van der Waals surface area contributed by atoms with E-state index in [1.54, 1.807) is 0 Å². The minimum atomic E-state index is -5.08. The number of amides is 1. The molecule has 7 nitrogen and oxygen atoms in total. The molecule has 1 aliphatic heterocycles. The predicted octanol–water partition coefficient (Wildman–Crippen LogP) is 2.37. The predicted molar refractivity (Wildman–Crippen MR) is 108 cm³/mol. The lowest BCUT2D eigenvalue weighted by Crippen LogP contribution is -2.47. The van der Waals surface area contributed by atoms with Crippen LogP contribution in [0.1, 0.15) is 22.3 Å². The fourth-order valence-electron chi connectivity index (χ4n) is 2.97. The zero-order chi connectivity index (χ0) is 23.7. The van der Waals surface area contributed by atoms with Crippen LogP contribution < -0.4 is 10.6 Å². The van der Waals surface area contributed by atoms with Crippen LogP contribution in [-0.4, -0.2) is 42.3 Å². The highest BCUT2D eigenvalue weighted by atomic mass is 19.4. The number of carbonyl (C=O) groups excluding carboxylic acids is 2. The molecule has 0 radical (unpaired) electrons. The third-order valence-corrected chi connectivity index (χ3v) is 4.71. The monoisotopic (exact) mass is 452 g/mol. The fraction of sp³-hybridized carbons (Fsp3) is 0.318. The number of alkyl halides is 3. The Kier molecular flexibility index (Phi) is 8.77. The zero-order valence-electron chi connectivity index (χ0n) is 17.2. The number of carboxylic acids is 1. The largest absolute Gasteiger partial charge is 0.490 e. The fourth-order valence-corrected chi connectivity index (χ4v) is 2.97. The average molecular weight is 452 g/mol. The van der Waals surface area contributed by atoms with E-state index in [9.17, 15) is 22.8 Å². The van der Waals surface area contributed by atoms with Crippen LogP contribution in [0.3, 0.4) is 0 Å². The van der Waals surface area contributed by atoms with Crippen molar-refractivity contribution in [1.82, 2.24) is 10.6 Å². The number of carboxylic acid groups (broad SMARTS) is 1. The van der Waals surface area contributed by atoms with Crippen LogP contribution in [0.4, 0.5) is 13.2 Å². The molecule has 1 aliphatic rings. The minimum Gasteiger partial charge on any atom is -0.475 e. The molecule has 1 amide bonds. The summed E-state index contributed by atoms with van der Waals surface area (Å²) >= 11 is 0. The molecule has 172 valence electrons. The number of fused-ring (bicyclic) bond motifs is 1. The van der Waals surface area contributed by atoms with Gasteiger partial charge in [-0.2, -0.15) is 13.2 Å². The number of halogens is 3. The Morgan fingerprint density at radius 2 is 1.62 bits per heavy atom. The van der Waals surface area contributed by atoms with Gasteiger partial charge in [0.25, 0.3) is 0 Å². The van der Waals surface area contributed by atoms with E-state index in [4.69, 9.17) is 9.90 Å². The van der Waals surface area contributed by atoms with Crippen LogP contribution in [-0.2, 0) is 45.1 Å². The summed E-state index contributed by atoms with van der Waals surface area (Å²) in [7, 11) is 1.38. The molecule has 1 atom stereocenters. The lowest BCUT2D eigenvalue weighted by Gasteiger charge is -2.25. The van der Waals surface area contributed by atoms with Crippen LogP contribution >= 0.6 is 0 Å². The Bertz CT molecular complexity index is 945. The molecule has 0 spiro atoms. The quantitative estimate of drug-likeness (QED) is 0.602. The maximum absolute atomic E-state index is 12.4. The number of benzene rings is 2. The van der Waals surface area contributed by atoms with Crippen molar-refractivity contribution in [2.24, 2.45) is 0 Å². The second-order valence-electron chi connectivity index (χ2n) is 7.00. The molecule has 0 unspecified atom stereocenters. The lowest BCUT2D eigenvalue weighted by molar-refractivity contribution is -0.192. The van der Waals surface area contributed by atoms with Gasteiger partial charge in [-0.1, -0.05) is 48.5 Å². The first-order valence-corrected chi connectivity index (χ1v) is 9.62. The van der Waals surface area contributed by atoms with Crippen LogP contribution in [0, 0.1) is 0 Å². The second kappa shape index (κ2) is 11.3. The maximum Gasteiger partial charge on any atom is 0.490 e. The third kappa shape index (κ3) is 7.69. The van der Waals surface area contributed by atoms with Gasteiger partial charge < -0.3 is 20.5 Å². The number of ether oxygens (including phenoxy) is 1. The average Bonchev–Trinajstić information content (AvgIpc) is 2.77. The molecule has 2 aromatic rings. The van der Waals surface area contributed by atoms with E-state index >= 15 is 0 Å². The highest BCUT2D eigenvalue weighted by Crippen LogP contribution is 2.16. The number of methoxy groups -OCH3 is 1. The molecule has 0 bridgehead atoms. The summed E-state index contributed by atoms with van der Waals surface area (Å²) in [6.45, 7) is 1.19. The summed E-state index contributed by atoms with van der Waals surface area (Å²) in [5, 5.41) is 13.4. The molecule has 0 aromatic heterocycles. The van der Waals surface area contributed by atoms with Gasteiger partial charge in [-0.25, -0.2) is 4.79 Å². The summed E-state index contributed by atoms with van der Waals surface area (Å²) in [5.41, 5.74) is 4.38. The summed E-state index contributed by atoms with van der Waals surface area (Å²) in [6, 6.07) is 15.6. The highest BCUT2D eigenvalue weighted by molar-refractivity contribution is 5.82. The molecule has 0 saturated heterocycles. The molecule has 0 saturated carbocycles. The van der Waals surface area contributed by atoms with E-state index in [0.29, 0.717) is 13.0 Å². The van der Waals surface area contributed by atoms with Crippen LogP contribution in [0.25, 0.3) is 0 Å². The van der Waals surface area contributed by atoms with Gasteiger partial charge in [0, 0.05) is 13.1 Å². The molecule has 3 N–H and O–H groups in total. The van der Waals surface area contributed by atoms with Crippen molar-refractivity contribution >= 4 is 17.8 Å². The van der Waals surface area contributed by atoms with Gasteiger partial charge in [-0.3, -0.25) is 9.59 Å². The topological polar surface area (TPSA) is 105 Å². The van der Waals surface area contributed by atoms with Crippen molar-refractivity contribution in [3.8, 4) is 0 Å². The number of rotatable bonds is 5. The van der Waals surface area contributed by atoms with Gasteiger partial charge in [0.1, 0.15) is 0 Å². The normalized spacial score (nSPS) is 14.9. The molecular weight excluding hydrogens is 429 g/mol. The minimum absolute atomic E-state index is 0.00754. The lowest BCUT2D eigenvalue weighted by atomic mass is 9.95. The van der Waals surface area contributed by atoms with Gasteiger partial charge in [0.05, 0.1) is 19.6 Å². The Labute approximate surface area is 182 Å². The van der Waals surface area contributed by atoms with Gasteiger partial charge in [0.2, 0.25) is 5.91 Å². The number of carbonyl (C=O) groups is 3. The maximum atomic E-state index is 12.4. The third-order valence-electron chi connectivity index (χ3n) is 4.71. The van der Waals surface area contributed by atoms with Crippen molar-refractivity contribution in [2.45, 2.75) is 38.1 Å². The van der Waals surface area contributed by atoms with Gasteiger partial charge in [-0.05, 0) is 28.7 Å². The molecule has 1 heterocycles. The number of esters is 1. The SMILES string of the molecule is COC(=O)Cc1ccc(CNC(=O)[C@@H]2Cc3ccccc3CN2)cc1.O=C(O)C(F)(F)F. The molecule has 0 aliphatic carbocycles. The Balaban J connectivity index is 0.000000451. The number of aliphatic carboxylic acids is 1. The molecule has 2 aromatic carbocycles. The smallest absolute Gasteiger partial charge is 0.475 e. The number of hydrogen-bond donors (Lipinski definition) is 3. The Hall–Kier alpha value is -3.40. The van der Waals surface area contributed by atoms with Gasteiger partial charge in [0.15, 0.2) is 0 Å². The van der Waals surface area contributed by atoms with E-state index < -0.39 is 12.1 Å². The first-order chi connectivity index (χ1) is 15.1. The first-order valence-electron chi connectivity index (χ1n) is 9.62. The summed E-state index contributed by atoms with van der Waals surface area (Å²) in [4.78, 5) is 32.6. The van der Waals surface area contributed by atoms with Gasteiger partial charge >= 0.3 is 18.1 Å². The second-order valence-corrected chi connectivity index (χ2v) is 7.00. The van der Waals surface area contributed by atoms with E-state index in [2.05, 4.69) is 27.5 Å². The van der Waals surface area contributed by atoms with Crippen molar-refractivity contribution in [1.29, 1.82) is 0 Å². The molecule has 3 rings (SSSR count). The Morgan fingerprint density at radius 3 is 2.19 bits per heavy atom. The van der Waals surface area contributed by atoms with E-state index in [1.807, 2.05) is 36.4 Å². The van der Waals surface area contributed by atoms with Crippen molar-refractivity contribution in [2.75, 3.05) is 7.11 Å². The van der Waals surface area contributed by atoms with E-state index in [0.717, 1.165) is 17.7 Å². The zero-order valence-corrected chi connectivity index (χ0v) is 17.2. The summed E-state index contributed by atoms with van der Waals surface area (Å²) in [5.74, 6) is -3.01. The van der Waals surface area contributed by atoms with Crippen molar-refractivity contribution in [3.05, 3.63) is 70.8 Å². The van der Waals surface area contributed by atoms with Gasteiger partial charge in [-0.15, -0.1) is 0 Å². The summed E-state index contributed by atoms with van der Waals surface area (Å²) in [6.07, 6.45) is -4.12. The standard InChI is InChI=1S/C20H22N2O3.C2HF3O2/c1-25-19(23)10-14-6-8-15(9-7-14)12-22-20(24)18-11-16-4-2-3-5-17(16)13-21-18;3-2(4,5)1(6)7/h2-9,18,21H,10-13H2,1H3,(H,22,24);(H,6,7)/t18-;/m0./s1. The van der Waals surface area contributed by atoms with Crippen molar-refractivity contribution in [3.63, 3.8) is 0 Å². The Morgan fingerprint density at radius 1 is 1.06 bits per heavy atom. The molecular formula is C22H23F3N2O5. The van der Waals surface area contributed by atoms with E-state index in [1.165, 1.54) is 18.2 Å². The first kappa shape index (κ1) is 24.9. The summed E-state index contributed by atoms with van der Waals surface area (Å²) < 4.78 is 36.4. The number of hydrogen-bond acceptors (Lipinski definition) is 5. The van der Waals surface area contributed by atoms with Crippen LogP contribution in [0.15, 0.2) is 48.5 Å². The van der Waals surface area contributed by atoms with Crippen LogP contribution in [0.5, 0.6) is 0 Å².